The molecule has 0 aromatic rings. The van der Waals surface area contributed by atoms with Crippen molar-refractivity contribution >= 4 is 0 Å². The molecule has 190 valence electrons. The molecule has 0 heterocycles. The van der Waals surface area contributed by atoms with Crippen LogP contribution in [-0.4, -0.2) is 0 Å². The van der Waals surface area contributed by atoms with E-state index in [0.717, 1.165) is 35.5 Å². The van der Waals surface area contributed by atoms with Crippen LogP contribution in [0, 0.1) is 35.5 Å². The van der Waals surface area contributed by atoms with Gasteiger partial charge in [-0.2, -0.15) is 0 Å². The molecule has 0 aromatic heterocycles. The zero-order chi connectivity index (χ0) is 23.0. The lowest BCUT2D eigenvalue weighted by atomic mass is 9.59. The standard InChI is InChI=1S/C32H62/c1-5-7-9-11-13-15-17-19-29-25-27(3)21-23-31(29)32-24-22-28(4)26-30(32)20-18-16-14-12-10-8-6-2/h27-32H,5-26H2,1-4H3. The first-order valence-electron chi connectivity index (χ1n) is 15.7. The highest BCUT2D eigenvalue weighted by atomic mass is 14.4. The van der Waals surface area contributed by atoms with Crippen LogP contribution in [0.15, 0.2) is 0 Å². The third kappa shape index (κ3) is 11.0. The maximum atomic E-state index is 2.55. The van der Waals surface area contributed by atoms with Crippen LogP contribution in [0.1, 0.15) is 169 Å². The first-order valence-corrected chi connectivity index (χ1v) is 15.7. The topological polar surface area (TPSA) is 0 Å². The number of hydrogen-bond acceptors (Lipinski definition) is 0. The van der Waals surface area contributed by atoms with Crippen LogP contribution in [0.25, 0.3) is 0 Å². The van der Waals surface area contributed by atoms with E-state index >= 15 is 0 Å². The molecule has 0 saturated heterocycles. The molecular weight excluding hydrogens is 384 g/mol. The van der Waals surface area contributed by atoms with Gasteiger partial charge in [0.05, 0.1) is 0 Å². The Morgan fingerprint density at radius 2 is 0.781 bits per heavy atom. The van der Waals surface area contributed by atoms with Gasteiger partial charge < -0.3 is 0 Å². The smallest absolute Gasteiger partial charge is 0.0355 e. The second-order valence-electron chi connectivity index (χ2n) is 12.5. The van der Waals surface area contributed by atoms with E-state index in [1.807, 2.05) is 0 Å². The molecule has 0 radical (unpaired) electrons. The van der Waals surface area contributed by atoms with Gasteiger partial charge in [-0.05, 0) is 61.2 Å². The molecule has 0 amide bonds. The Bertz CT molecular complexity index is 386. The summed E-state index contributed by atoms with van der Waals surface area (Å²) in [5, 5.41) is 0. The van der Waals surface area contributed by atoms with Crippen molar-refractivity contribution in [2.75, 3.05) is 0 Å². The zero-order valence-electron chi connectivity index (χ0n) is 23.0. The highest BCUT2D eigenvalue weighted by Crippen LogP contribution is 2.49. The molecule has 6 atom stereocenters. The fraction of sp³-hybridized carbons (Fsp3) is 1.00. The molecule has 0 aromatic carbocycles. The van der Waals surface area contributed by atoms with Gasteiger partial charge in [0, 0.05) is 0 Å². The van der Waals surface area contributed by atoms with Gasteiger partial charge in [-0.3, -0.25) is 0 Å². The molecule has 0 aliphatic heterocycles. The summed E-state index contributed by atoms with van der Waals surface area (Å²) < 4.78 is 0. The lowest BCUT2D eigenvalue weighted by Gasteiger charge is -2.46. The van der Waals surface area contributed by atoms with Crippen molar-refractivity contribution in [2.45, 2.75) is 169 Å². The predicted octanol–water partition coefficient (Wildman–Crippen LogP) is 11.4. The lowest BCUT2D eigenvalue weighted by molar-refractivity contribution is 0.0418. The molecule has 32 heavy (non-hydrogen) atoms. The second kappa shape index (κ2) is 17.4. The number of unbranched alkanes of at least 4 members (excludes halogenated alkanes) is 12. The zero-order valence-corrected chi connectivity index (χ0v) is 23.0. The van der Waals surface area contributed by atoms with Gasteiger partial charge in [-0.1, -0.05) is 143 Å². The molecule has 0 bridgehead atoms. The third-order valence-corrected chi connectivity index (χ3v) is 9.51. The quantitative estimate of drug-likeness (QED) is 0.195. The molecule has 0 spiro atoms. The first kappa shape index (κ1) is 28.2. The molecule has 0 nitrogen and oxygen atoms in total. The molecule has 2 fully saturated rings. The van der Waals surface area contributed by atoms with E-state index in [1.165, 1.54) is 103 Å². The van der Waals surface area contributed by atoms with Crippen molar-refractivity contribution in [2.24, 2.45) is 35.5 Å². The van der Waals surface area contributed by atoms with Crippen molar-refractivity contribution in [1.82, 2.24) is 0 Å². The minimum absolute atomic E-state index is 0.991. The number of rotatable bonds is 17. The fourth-order valence-electron chi connectivity index (χ4n) is 7.56. The van der Waals surface area contributed by atoms with Crippen molar-refractivity contribution in [3.05, 3.63) is 0 Å². The van der Waals surface area contributed by atoms with Crippen LogP contribution in [0.4, 0.5) is 0 Å². The van der Waals surface area contributed by atoms with E-state index in [2.05, 4.69) is 27.7 Å². The molecule has 2 aliphatic carbocycles. The molecule has 0 heteroatoms. The monoisotopic (exact) mass is 446 g/mol. The van der Waals surface area contributed by atoms with Gasteiger partial charge in [0.2, 0.25) is 0 Å². The molecular formula is C32H62. The van der Waals surface area contributed by atoms with Crippen molar-refractivity contribution < 1.29 is 0 Å². The summed E-state index contributed by atoms with van der Waals surface area (Å²) in [5.74, 6) is 6.25. The summed E-state index contributed by atoms with van der Waals surface area (Å²) in [6.07, 6.45) is 33.0. The molecule has 2 aliphatic rings. The maximum Gasteiger partial charge on any atom is -0.0355 e. The van der Waals surface area contributed by atoms with Gasteiger partial charge in [0.1, 0.15) is 0 Å². The molecule has 6 unspecified atom stereocenters. The van der Waals surface area contributed by atoms with Gasteiger partial charge in [-0.25, -0.2) is 0 Å². The minimum Gasteiger partial charge on any atom is -0.0654 e. The number of hydrogen-bond donors (Lipinski definition) is 0. The first-order chi connectivity index (χ1) is 15.7. The summed E-state index contributed by atoms with van der Waals surface area (Å²) in [6.45, 7) is 9.76. The molecule has 2 saturated carbocycles. The van der Waals surface area contributed by atoms with Crippen LogP contribution < -0.4 is 0 Å². The Labute approximate surface area is 204 Å². The average molecular weight is 447 g/mol. The van der Waals surface area contributed by atoms with Gasteiger partial charge >= 0.3 is 0 Å². The Balaban J connectivity index is 1.80. The van der Waals surface area contributed by atoms with E-state index in [0.29, 0.717) is 0 Å². The summed E-state index contributed by atoms with van der Waals surface area (Å²) in [4.78, 5) is 0. The highest BCUT2D eigenvalue weighted by Gasteiger charge is 2.39. The summed E-state index contributed by atoms with van der Waals surface area (Å²) >= 11 is 0. The normalized spacial score (nSPS) is 31.1. The van der Waals surface area contributed by atoms with Crippen LogP contribution in [0.5, 0.6) is 0 Å². The highest BCUT2D eigenvalue weighted by molar-refractivity contribution is 4.89. The van der Waals surface area contributed by atoms with Crippen LogP contribution in [-0.2, 0) is 0 Å². The van der Waals surface area contributed by atoms with E-state index in [9.17, 15) is 0 Å². The summed E-state index contributed by atoms with van der Waals surface area (Å²) in [6, 6.07) is 0. The van der Waals surface area contributed by atoms with Crippen LogP contribution >= 0.6 is 0 Å². The average Bonchev–Trinajstić information content (AvgIpc) is 2.78. The van der Waals surface area contributed by atoms with Gasteiger partial charge in [-0.15, -0.1) is 0 Å². The van der Waals surface area contributed by atoms with E-state index in [1.54, 1.807) is 38.5 Å². The van der Waals surface area contributed by atoms with E-state index < -0.39 is 0 Å². The van der Waals surface area contributed by atoms with Gasteiger partial charge in [0.25, 0.3) is 0 Å². The fourth-order valence-corrected chi connectivity index (χ4v) is 7.56. The van der Waals surface area contributed by atoms with E-state index in [4.69, 9.17) is 0 Å². The van der Waals surface area contributed by atoms with E-state index in [-0.39, 0.29) is 0 Å². The van der Waals surface area contributed by atoms with Crippen LogP contribution in [0.2, 0.25) is 0 Å². The SMILES string of the molecule is CCCCCCCCCC1CC(C)CCC1C1CCC(C)CC1CCCCCCCCC. The summed E-state index contributed by atoms with van der Waals surface area (Å²) in [7, 11) is 0. The summed E-state index contributed by atoms with van der Waals surface area (Å²) in [5.41, 5.74) is 0. The van der Waals surface area contributed by atoms with Crippen LogP contribution in [0.3, 0.4) is 0 Å². The minimum atomic E-state index is 0.991. The second-order valence-corrected chi connectivity index (χ2v) is 12.5. The van der Waals surface area contributed by atoms with Crippen molar-refractivity contribution in [3.63, 3.8) is 0 Å². The Morgan fingerprint density at radius 1 is 0.438 bits per heavy atom. The molecule has 2 rings (SSSR count). The molecule has 0 N–H and O–H groups in total. The largest absolute Gasteiger partial charge is 0.0654 e. The van der Waals surface area contributed by atoms with Crippen molar-refractivity contribution in [1.29, 1.82) is 0 Å². The Morgan fingerprint density at radius 3 is 1.16 bits per heavy atom. The maximum absolute atomic E-state index is 2.55. The third-order valence-electron chi connectivity index (χ3n) is 9.51. The Kier molecular flexibility index (Phi) is 15.4. The van der Waals surface area contributed by atoms with Gasteiger partial charge in [0.15, 0.2) is 0 Å². The Hall–Kier alpha value is 0. The lowest BCUT2D eigenvalue weighted by Crippen LogP contribution is -2.36. The van der Waals surface area contributed by atoms with Crippen molar-refractivity contribution in [3.8, 4) is 0 Å². The predicted molar refractivity (Wildman–Crippen MR) is 145 cm³/mol.